The molecule has 3 fully saturated rings. The second kappa shape index (κ2) is 6.35. The summed E-state index contributed by atoms with van der Waals surface area (Å²) < 4.78 is 1.54. The fourth-order valence-corrected chi connectivity index (χ4v) is 5.09. The maximum Gasteiger partial charge on any atom is 0.330 e. The number of carboxylic acids is 1. The molecule has 3 saturated carbocycles. The van der Waals surface area contributed by atoms with Crippen molar-refractivity contribution in [2.75, 3.05) is 0 Å². The lowest BCUT2D eigenvalue weighted by molar-refractivity contribution is -0.138. The Kier molecular flexibility index (Phi) is 4.24. The Morgan fingerprint density at radius 1 is 1.15 bits per heavy atom. The largest absolute Gasteiger partial charge is 0.481 e. The molecule has 0 radical (unpaired) electrons. The molecule has 0 saturated heterocycles. The minimum atomic E-state index is -0.725. The van der Waals surface area contributed by atoms with Crippen molar-refractivity contribution < 1.29 is 9.90 Å². The van der Waals surface area contributed by atoms with E-state index >= 15 is 0 Å². The highest BCUT2D eigenvalue weighted by atomic mass is 16.4. The summed E-state index contributed by atoms with van der Waals surface area (Å²) in [7, 11) is 0. The lowest BCUT2D eigenvalue weighted by atomic mass is 9.52. The number of aryl methyl sites for hydroxylation is 1. The minimum absolute atomic E-state index is 0.0937. The number of hydrogen-bond acceptors (Lipinski definition) is 4. The topological polar surface area (TPSA) is 121 Å². The van der Waals surface area contributed by atoms with E-state index in [0.717, 1.165) is 57.2 Å². The molecule has 2 aromatic heterocycles. The lowest BCUT2D eigenvalue weighted by Crippen LogP contribution is -2.45. The maximum absolute atomic E-state index is 12.3. The number of carbonyl (C=O) groups is 1. The molecule has 3 aliphatic rings. The molecule has 8 nitrogen and oxygen atoms in total. The summed E-state index contributed by atoms with van der Waals surface area (Å²) >= 11 is 0. The number of H-pyrrole nitrogens is 2. The van der Waals surface area contributed by atoms with E-state index in [1.165, 1.54) is 4.57 Å². The molecule has 2 heterocycles. The average Bonchev–Trinajstić information content (AvgIpc) is 3.12. The van der Waals surface area contributed by atoms with Gasteiger partial charge in [-0.15, -0.1) is 0 Å². The average molecular weight is 374 g/mol. The van der Waals surface area contributed by atoms with E-state index in [0.29, 0.717) is 17.7 Å². The summed E-state index contributed by atoms with van der Waals surface area (Å²) in [5, 5.41) is 9.02. The Hall–Kier alpha value is -2.38. The molecule has 3 N–H and O–H groups in total. The number of aliphatic carboxylic acids is 1. The third-order valence-corrected chi connectivity index (χ3v) is 6.85. The second-order valence-corrected chi connectivity index (χ2v) is 8.37. The van der Waals surface area contributed by atoms with Crippen molar-refractivity contribution in [3.63, 3.8) is 0 Å². The van der Waals surface area contributed by atoms with Gasteiger partial charge in [-0.25, -0.2) is 9.78 Å². The van der Waals surface area contributed by atoms with Gasteiger partial charge in [0.05, 0.1) is 0 Å². The number of fused-ring (bicyclic) bond motifs is 4. The molecule has 8 heteroatoms. The number of rotatable bonds is 6. The number of hydrogen-bond donors (Lipinski definition) is 3. The van der Waals surface area contributed by atoms with Crippen molar-refractivity contribution in [2.24, 2.45) is 5.41 Å². The van der Waals surface area contributed by atoms with Crippen molar-refractivity contribution >= 4 is 17.1 Å². The van der Waals surface area contributed by atoms with Gasteiger partial charge in [0.15, 0.2) is 5.65 Å². The molecule has 5 rings (SSSR count). The van der Waals surface area contributed by atoms with E-state index in [-0.39, 0.29) is 17.3 Å². The van der Waals surface area contributed by atoms with Gasteiger partial charge in [-0.1, -0.05) is 6.92 Å². The molecule has 3 aliphatic carbocycles. The first kappa shape index (κ1) is 18.0. The van der Waals surface area contributed by atoms with Crippen LogP contribution in [0.1, 0.15) is 70.5 Å². The molecule has 0 unspecified atom stereocenters. The fraction of sp³-hybridized carbons (Fsp3) is 0.684. The molecule has 27 heavy (non-hydrogen) atoms. The van der Waals surface area contributed by atoms with Gasteiger partial charge in [0, 0.05) is 18.4 Å². The molecule has 0 spiro atoms. The zero-order valence-corrected chi connectivity index (χ0v) is 15.6. The minimum Gasteiger partial charge on any atom is -0.481 e. The summed E-state index contributed by atoms with van der Waals surface area (Å²) in [6.07, 6.45) is 7.58. The van der Waals surface area contributed by atoms with Crippen LogP contribution in [0.2, 0.25) is 0 Å². The molecular formula is C19H26N4O4. The normalized spacial score (nSPS) is 27.3. The molecule has 2 aromatic rings. The fourth-order valence-electron chi connectivity index (χ4n) is 5.09. The smallest absolute Gasteiger partial charge is 0.330 e. The van der Waals surface area contributed by atoms with Crippen LogP contribution in [-0.2, 0) is 16.8 Å². The predicted molar refractivity (Wildman–Crippen MR) is 99.9 cm³/mol. The third kappa shape index (κ3) is 2.91. The Labute approximate surface area is 156 Å². The molecule has 2 bridgehead atoms. The van der Waals surface area contributed by atoms with E-state index in [2.05, 4.69) is 9.97 Å². The van der Waals surface area contributed by atoms with Gasteiger partial charge in [-0.05, 0) is 56.8 Å². The SMILES string of the molecule is CCCn1c(=O)[nH]c(=O)c2[nH]c(C34CCC(CCC(=O)O)(CC3)CC4)nc21. The molecule has 146 valence electrons. The summed E-state index contributed by atoms with van der Waals surface area (Å²) in [5.74, 6) is 0.0853. The van der Waals surface area contributed by atoms with Gasteiger partial charge >= 0.3 is 11.7 Å². The van der Waals surface area contributed by atoms with Gasteiger partial charge in [-0.2, -0.15) is 0 Å². The van der Waals surface area contributed by atoms with Gasteiger partial charge < -0.3 is 10.1 Å². The lowest BCUT2D eigenvalue weighted by Gasteiger charge is -2.52. The van der Waals surface area contributed by atoms with Crippen molar-refractivity contribution in [1.29, 1.82) is 0 Å². The predicted octanol–water partition coefficient (Wildman–Crippen LogP) is 2.28. The first-order valence-corrected chi connectivity index (χ1v) is 9.83. The van der Waals surface area contributed by atoms with Crippen LogP contribution in [0.25, 0.3) is 11.2 Å². The van der Waals surface area contributed by atoms with E-state index in [4.69, 9.17) is 10.1 Å². The molecule has 0 amide bonds. The van der Waals surface area contributed by atoms with Crippen LogP contribution >= 0.6 is 0 Å². The number of nitrogens with one attached hydrogen (secondary N) is 2. The van der Waals surface area contributed by atoms with Crippen LogP contribution < -0.4 is 11.2 Å². The van der Waals surface area contributed by atoms with Crippen LogP contribution in [0, 0.1) is 5.41 Å². The van der Waals surface area contributed by atoms with Crippen molar-refractivity contribution in [3.8, 4) is 0 Å². The van der Waals surface area contributed by atoms with Crippen molar-refractivity contribution in [1.82, 2.24) is 19.5 Å². The Bertz CT molecular complexity index is 975. The molecular weight excluding hydrogens is 348 g/mol. The van der Waals surface area contributed by atoms with Crippen molar-refractivity contribution in [3.05, 3.63) is 26.7 Å². The third-order valence-electron chi connectivity index (χ3n) is 6.85. The van der Waals surface area contributed by atoms with Crippen LogP contribution in [0.5, 0.6) is 0 Å². The Morgan fingerprint density at radius 2 is 1.81 bits per heavy atom. The van der Waals surface area contributed by atoms with E-state index in [9.17, 15) is 14.4 Å². The number of carboxylic acid groups (broad SMARTS) is 1. The quantitative estimate of drug-likeness (QED) is 0.716. The Morgan fingerprint density at radius 3 is 2.41 bits per heavy atom. The van der Waals surface area contributed by atoms with Crippen molar-refractivity contribution in [2.45, 2.75) is 76.7 Å². The van der Waals surface area contributed by atoms with Gasteiger partial charge in [0.2, 0.25) is 0 Å². The zero-order chi connectivity index (χ0) is 19.2. The van der Waals surface area contributed by atoms with Crippen LogP contribution in [0.3, 0.4) is 0 Å². The van der Waals surface area contributed by atoms with Gasteiger partial charge in [-0.3, -0.25) is 19.1 Å². The number of imidazole rings is 1. The number of aromatic amines is 2. The van der Waals surface area contributed by atoms with Crippen LogP contribution in [-0.4, -0.2) is 30.6 Å². The number of nitrogens with zero attached hydrogens (tertiary/aromatic N) is 2. The van der Waals surface area contributed by atoms with E-state index in [1.54, 1.807) is 0 Å². The number of aromatic nitrogens is 4. The van der Waals surface area contributed by atoms with Gasteiger partial charge in [0.25, 0.3) is 5.56 Å². The highest BCUT2D eigenvalue weighted by Crippen LogP contribution is 2.58. The first-order chi connectivity index (χ1) is 12.9. The Balaban J connectivity index is 1.67. The summed E-state index contributed by atoms with van der Waals surface area (Å²) in [6, 6.07) is 0. The maximum atomic E-state index is 12.3. The van der Waals surface area contributed by atoms with Crippen LogP contribution in [0.4, 0.5) is 0 Å². The standard InChI is InChI=1S/C19H26N4O4/c1-2-11-23-14-13(15(26)22-17(23)27)20-16(21-14)19-8-5-18(6-9-19,7-10-19)4-3-12(24)25/h2-11H2,1H3,(H,20,21)(H,24,25)(H,22,26,27). The van der Waals surface area contributed by atoms with Gasteiger partial charge in [0.1, 0.15) is 11.3 Å². The highest BCUT2D eigenvalue weighted by molar-refractivity contribution is 5.70. The summed E-state index contributed by atoms with van der Waals surface area (Å²) in [4.78, 5) is 45.7. The molecule has 0 atom stereocenters. The molecule has 0 aromatic carbocycles. The van der Waals surface area contributed by atoms with Crippen LogP contribution in [0.15, 0.2) is 9.59 Å². The first-order valence-electron chi connectivity index (χ1n) is 9.83. The van der Waals surface area contributed by atoms with E-state index in [1.807, 2.05) is 6.92 Å². The summed E-state index contributed by atoms with van der Waals surface area (Å²) in [5.41, 5.74) is 0.0473. The zero-order valence-electron chi connectivity index (χ0n) is 15.6. The highest BCUT2D eigenvalue weighted by Gasteiger charge is 2.50. The second-order valence-electron chi connectivity index (χ2n) is 8.37. The monoisotopic (exact) mass is 374 g/mol. The van der Waals surface area contributed by atoms with E-state index < -0.39 is 17.2 Å². The molecule has 0 aliphatic heterocycles. The summed E-state index contributed by atoms with van der Waals surface area (Å²) in [6.45, 7) is 2.50.